The second-order valence-electron chi connectivity index (χ2n) is 3.07. The fraction of sp³-hybridized carbons (Fsp3) is 0.250. The lowest BCUT2D eigenvalue weighted by Crippen LogP contribution is -2.10. The van der Waals surface area contributed by atoms with Crippen LogP contribution in [0.1, 0.15) is 24.8 Å². The minimum Gasteiger partial charge on any atom is -0.481 e. The summed E-state index contributed by atoms with van der Waals surface area (Å²) in [6.45, 7) is 1.66. The number of carboxylic acids is 1. The molecule has 0 bridgehead atoms. The van der Waals surface area contributed by atoms with Crippen LogP contribution in [0.25, 0.3) is 0 Å². The lowest BCUT2D eigenvalue weighted by molar-refractivity contribution is -0.138. The van der Waals surface area contributed by atoms with E-state index in [4.69, 9.17) is 5.11 Å². The zero-order chi connectivity index (χ0) is 11.3. The van der Waals surface area contributed by atoms with Crippen molar-refractivity contribution < 1.29 is 14.3 Å². The van der Waals surface area contributed by atoms with Crippen molar-refractivity contribution >= 4 is 5.97 Å². The van der Waals surface area contributed by atoms with Crippen LogP contribution in [0.5, 0.6) is 0 Å². The molecule has 2 nitrogen and oxygen atoms in total. The molecular weight excluding hydrogens is 195 g/mol. The number of carbonyl (C=O) groups is 1. The lowest BCUT2D eigenvalue weighted by atomic mass is 9.96. The van der Waals surface area contributed by atoms with E-state index >= 15 is 0 Å². The van der Waals surface area contributed by atoms with Crippen molar-refractivity contribution in [2.75, 3.05) is 0 Å². The van der Waals surface area contributed by atoms with Crippen molar-refractivity contribution in [2.24, 2.45) is 0 Å². The normalized spacial score (nSPS) is 11.3. The van der Waals surface area contributed by atoms with Gasteiger partial charge in [-0.3, -0.25) is 4.79 Å². The van der Waals surface area contributed by atoms with Gasteiger partial charge >= 0.3 is 5.97 Å². The summed E-state index contributed by atoms with van der Waals surface area (Å²) in [6.07, 6.45) is 0.247. The highest BCUT2D eigenvalue weighted by molar-refractivity contribution is 5.76. The SMILES string of the molecule is CC#CCC(C(=O)O)c1ccc(F)cc1. The Labute approximate surface area is 87.7 Å². The molecule has 1 N–H and O–H groups in total. The molecule has 0 fully saturated rings. The molecule has 0 saturated heterocycles. The minimum absolute atomic E-state index is 0.247. The van der Waals surface area contributed by atoms with Gasteiger partial charge in [0.15, 0.2) is 0 Å². The molecule has 1 atom stereocenters. The molecule has 1 aromatic rings. The van der Waals surface area contributed by atoms with Gasteiger partial charge in [0.05, 0.1) is 5.92 Å². The Morgan fingerprint density at radius 1 is 1.47 bits per heavy atom. The van der Waals surface area contributed by atoms with Crippen LogP contribution >= 0.6 is 0 Å². The van der Waals surface area contributed by atoms with E-state index in [1.165, 1.54) is 24.3 Å². The molecule has 0 spiro atoms. The van der Waals surface area contributed by atoms with Crippen molar-refractivity contribution in [3.63, 3.8) is 0 Å². The van der Waals surface area contributed by atoms with E-state index in [9.17, 15) is 9.18 Å². The second kappa shape index (κ2) is 5.16. The van der Waals surface area contributed by atoms with Crippen LogP contribution in [-0.4, -0.2) is 11.1 Å². The first-order valence-corrected chi connectivity index (χ1v) is 4.53. The van der Waals surface area contributed by atoms with E-state index in [0.29, 0.717) is 5.56 Å². The molecule has 0 aliphatic rings. The first kappa shape index (κ1) is 11.3. The Morgan fingerprint density at radius 2 is 2.07 bits per heavy atom. The van der Waals surface area contributed by atoms with Gasteiger partial charge in [-0.1, -0.05) is 12.1 Å². The number of halogens is 1. The van der Waals surface area contributed by atoms with Gasteiger partial charge in [0.1, 0.15) is 5.82 Å². The summed E-state index contributed by atoms with van der Waals surface area (Å²) < 4.78 is 12.6. The topological polar surface area (TPSA) is 37.3 Å². The highest BCUT2D eigenvalue weighted by Gasteiger charge is 2.18. The average Bonchev–Trinajstić information content (AvgIpc) is 2.21. The molecule has 0 aliphatic heterocycles. The van der Waals surface area contributed by atoms with Gasteiger partial charge in [0.25, 0.3) is 0 Å². The maximum Gasteiger partial charge on any atom is 0.311 e. The fourth-order valence-electron chi connectivity index (χ4n) is 1.25. The van der Waals surface area contributed by atoms with Crippen LogP contribution in [0.4, 0.5) is 4.39 Å². The minimum atomic E-state index is -0.940. The fourth-order valence-corrected chi connectivity index (χ4v) is 1.25. The van der Waals surface area contributed by atoms with E-state index < -0.39 is 11.9 Å². The van der Waals surface area contributed by atoms with Crippen LogP contribution in [0.2, 0.25) is 0 Å². The van der Waals surface area contributed by atoms with E-state index in [1.54, 1.807) is 6.92 Å². The molecular formula is C12H11FO2. The van der Waals surface area contributed by atoms with Crippen LogP contribution < -0.4 is 0 Å². The summed E-state index contributed by atoms with van der Waals surface area (Å²) in [4.78, 5) is 10.9. The van der Waals surface area contributed by atoms with Gasteiger partial charge in [-0.2, -0.15) is 0 Å². The molecule has 0 aromatic heterocycles. The number of hydrogen-bond acceptors (Lipinski definition) is 1. The maximum atomic E-state index is 12.6. The van der Waals surface area contributed by atoms with E-state index in [1.807, 2.05) is 0 Å². The predicted octanol–water partition coefficient (Wildman–Crippen LogP) is 2.41. The van der Waals surface area contributed by atoms with Gasteiger partial charge in [0, 0.05) is 6.42 Å². The largest absolute Gasteiger partial charge is 0.481 e. The van der Waals surface area contributed by atoms with E-state index in [2.05, 4.69) is 11.8 Å². The number of hydrogen-bond donors (Lipinski definition) is 1. The third-order valence-electron chi connectivity index (χ3n) is 2.05. The van der Waals surface area contributed by atoms with Crippen LogP contribution in [0, 0.1) is 17.7 Å². The van der Waals surface area contributed by atoms with Crippen molar-refractivity contribution in [1.82, 2.24) is 0 Å². The zero-order valence-electron chi connectivity index (χ0n) is 8.33. The van der Waals surface area contributed by atoms with Crippen LogP contribution in [-0.2, 0) is 4.79 Å². The Balaban J connectivity index is 2.92. The lowest BCUT2D eigenvalue weighted by Gasteiger charge is -2.08. The molecule has 0 heterocycles. The standard InChI is InChI=1S/C12H11FO2/c1-2-3-4-11(12(14)15)9-5-7-10(13)8-6-9/h5-8,11H,4H2,1H3,(H,14,15). The predicted molar refractivity (Wildman–Crippen MR) is 54.8 cm³/mol. The summed E-state index contributed by atoms with van der Waals surface area (Å²) >= 11 is 0. The van der Waals surface area contributed by atoms with Gasteiger partial charge in [-0.25, -0.2) is 4.39 Å². The summed E-state index contributed by atoms with van der Waals surface area (Å²) in [5.74, 6) is 3.37. The number of benzene rings is 1. The Bertz CT molecular complexity index is 398. The van der Waals surface area contributed by atoms with Crippen LogP contribution in [0.3, 0.4) is 0 Å². The summed E-state index contributed by atoms with van der Waals surface area (Å²) in [7, 11) is 0. The first-order valence-electron chi connectivity index (χ1n) is 4.53. The summed E-state index contributed by atoms with van der Waals surface area (Å²) in [5, 5.41) is 8.96. The van der Waals surface area contributed by atoms with Gasteiger partial charge in [0.2, 0.25) is 0 Å². The van der Waals surface area contributed by atoms with Gasteiger partial charge < -0.3 is 5.11 Å². The highest BCUT2D eigenvalue weighted by atomic mass is 19.1. The van der Waals surface area contributed by atoms with Gasteiger partial charge in [-0.05, 0) is 24.6 Å². The number of aliphatic carboxylic acids is 1. The van der Waals surface area contributed by atoms with Crippen molar-refractivity contribution in [1.29, 1.82) is 0 Å². The second-order valence-corrected chi connectivity index (χ2v) is 3.07. The highest BCUT2D eigenvalue weighted by Crippen LogP contribution is 2.19. The molecule has 0 aliphatic carbocycles. The Hall–Kier alpha value is -1.82. The molecule has 1 unspecified atom stereocenters. The molecule has 0 saturated carbocycles. The Kier molecular flexibility index (Phi) is 3.87. The summed E-state index contributed by atoms with van der Waals surface area (Å²) in [5.41, 5.74) is 0.576. The molecule has 1 aromatic carbocycles. The maximum absolute atomic E-state index is 12.6. The average molecular weight is 206 g/mol. The third-order valence-corrected chi connectivity index (χ3v) is 2.05. The monoisotopic (exact) mass is 206 g/mol. The van der Waals surface area contributed by atoms with Crippen molar-refractivity contribution in [2.45, 2.75) is 19.3 Å². The number of rotatable bonds is 3. The van der Waals surface area contributed by atoms with Crippen LogP contribution in [0.15, 0.2) is 24.3 Å². The quantitative estimate of drug-likeness (QED) is 0.771. The van der Waals surface area contributed by atoms with Gasteiger partial charge in [-0.15, -0.1) is 11.8 Å². The summed E-state index contributed by atoms with van der Waals surface area (Å²) in [6, 6.07) is 5.46. The molecule has 1 rings (SSSR count). The third kappa shape index (κ3) is 3.10. The first-order chi connectivity index (χ1) is 7.15. The van der Waals surface area contributed by atoms with E-state index in [0.717, 1.165) is 0 Å². The van der Waals surface area contributed by atoms with Crippen molar-refractivity contribution in [3.05, 3.63) is 35.6 Å². The molecule has 78 valence electrons. The molecule has 0 radical (unpaired) electrons. The zero-order valence-corrected chi connectivity index (χ0v) is 8.33. The Morgan fingerprint density at radius 3 is 2.53 bits per heavy atom. The smallest absolute Gasteiger partial charge is 0.311 e. The molecule has 15 heavy (non-hydrogen) atoms. The van der Waals surface area contributed by atoms with Crippen molar-refractivity contribution in [3.8, 4) is 11.8 Å². The number of carboxylic acid groups (broad SMARTS) is 1. The molecule has 0 amide bonds. The molecule has 3 heteroatoms. The van der Waals surface area contributed by atoms with E-state index in [-0.39, 0.29) is 12.2 Å².